The van der Waals surface area contributed by atoms with Gasteiger partial charge in [-0.15, -0.1) is 0 Å². The first kappa shape index (κ1) is 16.1. The van der Waals surface area contributed by atoms with Crippen molar-refractivity contribution < 1.29 is 4.79 Å². The Hall–Kier alpha value is -1.30. The van der Waals surface area contributed by atoms with E-state index >= 15 is 0 Å². The summed E-state index contributed by atoms with van der Waals surface area (Å²) in [6, 6.07) is 5.60. The van der Waals surface area contributed by atoms with Gasteiger partial charge >= 0.3 is 0 Å². The predicted octanol–water partition coefficient (Wildman–Crippen LogP) is 1.89. The van der Waals surface area contributed by atoms with Crippen LogP contribution in [-0.4, -0.2) is 55.5 Å². The third-order valence-electron chi connectivity index (χ3n) is 3.84. The zero-order chi connectivity index (χ0) is 15.4. The van der Waals surface area contributed by atoms with E-state index in [-0.39, 0.29) is 5.91 Å². The van der Waals surface area contributed by atoms with Gasteiger partial charge in [0, 0.05) is 18.3 Å². The van der Waals surface area contributed by atoms with Gasteiger partial charge in [-0.05, 0) is 51.7 Å². The molecule has 1 amide bonds. The molecule has 0 aliphatic carbocycles. The Morgan fingerprint density at radius 2 is 2.29 bits per heavy atom. The molecule has 0 saturated carbocycles. The summed E-state index contributed by atoms with van der Waals surface area (Å²) in [5, 5.41) is 3.34. The topological polar surface area (TPSA) is 61.6 Å². The summed E-state index contributed by atoms with van der Waals surface area (Å²) in [6.45, 7) is 2.27. The van der Waals surface area contributed by atoms with Crippen molar-refractivity contribution in [2.75, 3.05) is 44.8 Å². The van der Waals surface area contributed by atoms with Crippen LogP contribution in [0.3, 0.4) is 0 Å². The Morgan fingerprint density at radius 3 is 3.00 bits per heavy atom. The molecule has 1 aliphatic heterocycles. The summed E-state index contributed by atoms with van der Waals surface area (Å²) in [5.41, 5.74) is 6.87. The number of likely N-dealkylation sites (tertiary alicyclic amines) is 1. The van der Waals surface area contributed by atoms with E-state index in [0.717, 1.165) is 19.5 Å². The Balaban J connectivity index is 1.91. The van der Waals surface area contributed by atoms with Gasteiger partial charge < -0.3 is 16.0 Å². The second-order valence-corrected chi connectivity index (χ2v) is 6.19. The molecule has 1 saturated heterocycles. The first-order valence-corrected chi connectivity index (χ1v) is 7.57. The van der Waals surface area contributed by atoms with Crippen molar-refractivity contribution >= 4 is 28.9 Å². The van der Waals surface area contributed by atoms with Gasteiger partial charge in [0.05, 0.1) is 17.3 Å². The van der Waals surface area contributed by atoms with Gasteiger partial charge in [0.2, 0.25) is 5.91 Å². The van der Waals surface area contributed by atoms with Gasteiger partial charge in [-0.2, -0.15) is 0 Å². The Kier molecular flexibility index (Phi) is 5.45. The molecule has 21 heavy (non-hydrogen) atoms. The molecule has 6 heteroatoms. The normalized spacial score (nSPS) is 19.7. The molecule has 3 N–H and O–H groups in total. The van der Waals surface area contributed by atoms with Crippen molar-refractivity contribution in [1.82, 2.24) is 9.80 Å². The molecule has 1 atom stereocenters. The summed E-state index contributed by atoms with van der Waals surface area (Å²) in [4.78, 5) is 16.6. The van der Waals surface area contributed by atoms with Crippen molar-refractivity contribution in [3.63, 3.8) is 0 Å². The standard InChI is InChI=1S/C15H23ClN4O/c1-19(2)12-4-3-7-20(9-12)10-15(21)18-14-8-11(17)5-6-13(14)16/h5-6,8,12H,3-4,7,9-10,17H2,1-2H3,(H,18,21). The quantitative estimate of drug-likeness (QED) is 0.834. The Morgan fingerprint density at radius 1 is 1.52 bits per heavy atom. The summed E-state index contributed by atoms with van der Waals surface area (Å²) in [7, 11) is 4.17. The minimum Gasteiger partial charge on any atom is -0.399 e. The number of carbonyl (C=O) groups excluding carboxylic acids is 1. The van der Waals surface area contributed by atoms with Crippen LogP contribution in [0.1, 0.15) is 12.8 Å². The zero-order valence-electron chi connectivity index (χ0n) is 12.6. The van der Waals surface area contributed by atoms with Crippen LogP contribution in [0, 0.1) is 0 Å². The van der Waals surface area contributed by atoms with Crippen LogP contribution in [0.2, 0.25) is 5.02 Å². The third kappa shape index (κ3) is 4.59. The molecule has 1 unspecified atom stereocenters. The number of nitrogens with two attached hydrogens (primary N) is 1. The Labute approximate surface area is 131 Å². The minimum absolute atomic E-state index is 0.0538. The molecule has 116 valence electrons. The zero-order valence-corrected chi connectivity index (χ0v) is 13.4. The van der Waals surface area contributed by atoms with Gasteiger partial charge in [-0.1, -0.05) is 11.6 Å². The molecule has 1 heterocycles. The third-order valence-corrected chi connectivity index (χ3v) is 4.17. The average Bonchev–Trinajstić information content (AvgIpc) is 2.43. The molecule has 1 fully saturated rings. The summed E-state index contributed by atoms with van der Waals surface area (Å²) >= 11 is 6.06. The average molecular weight is 311 g/mol. The van der Waals surface area contributed by atoms with E-state index in [2.05, 4.69) is 29.2 Å². The number of likely N-dealkylation sites (N-methyl/N-ethyl adjacent to an activating group) is 1. The van der Waals surface area contributed by atoms with Crippen LogP contribution < -0.4 is 11.1 Å². The fourth-order valence-electron chi connectivity index (χ4n) is 2.63. The number of amides is 1. The number of nitrogen functional groups attached to an aromatic ring is 1. The molecule has 5 nitrogen and oxygen atoms in total. The van der Waals surface area contributed by atoms with Crippen LogP contribution in [-0.2, 0) is 4.79 Å². The number of halogens is 1. The lowest BCUT2D eigenvalue weighted by atomic mass is 10.1. The van der Waals surface area contributed by atoms with Crippen LogP contribution in [0.5, 0.6) is 0 Å². The maximum atomic E-state index is 12.2. The van der Waals surface area contributed by atoms with Crippen LogP contribution in [0.25, 0.3) is 0 Å². The van der Waals surface area contributed by atoms with Gasteiger partial charge in [0.25, 0.3) is 0 Å². The Bertz CT molecular complexity index is 506. The smallest absolute Gasteiger partial charge is 0.238 e. The van der Waals surface area contributed by atoms with Crippen molar-refractivity contribution in [1.29, 1.82) is 0 Å². The molecule has 0 aromatic heterocycles. The number of nitrogens with one attached hydrogen (secondary N) is 1. The maximum Gasteiger partial charge on any atom is 0.238 e. The summed E-state index contributed by atoms with van der Waals surface area (Å²) in [5.74, 6) is -0.0538. The number of piperidine rings is 1. The van der Waals surface area contributed by atoms with E-state index in [9.17, 15) is 4.79 Å². The molecule has 0 bridgehead atoms. The second-order valence-electron chi connectivity index (χ2n) is 5.78. The van der Waals surface area contributed by atoms with Crippen molar-refractivity contribution in [2.24, 2.45) is 0 Å². The summed E-state index contributed by atoms with van der Waals surface area (Å²) in [6.07, 6.45) is 2.31. The number of rotatable bonds is 4. The van der Waals surface area contributed by atoms with Crippen molar-refractivity contribution in [2.45, 2.75) is 18.9 Å². The van der Waals surface area contributed by atoms with E-state index in [1.807, 2.05) is 0 Å². The minimum atomic E-state index is -0.0538. The molecule has 1 aromatic rings. The monoisotopic (exact) mass is 310 g/mol. The fraction of sp³-hybridized carbons (Fsp3) is 0.533. The highest BCUT2D eigenvalue weighted by Gasteiger charge is 2.22. The van der Waals surface area contributed by atoms with Crippen LogP contribution in [0.4, 0.5) is 11.4 Å². The lowest BCUT2D eigenvalue weighted by molar-refractivity contribution is -0.117. The van der Waals surface area contributed by atoms with Crippen molar-refractivity contribution in [3.8, 4) is 0 Å². The molecular formula is C15H23ClN4O. The van der Waals surface area contributed by atoms with Crippen LogP contribution in [0.15, 0.2) is 18.2 Å². The van der Waals surface area contributed by atoms with Crippen LogP contribution >= 0.6 is 11.6 Å². The summed E-state index contributed by atoms with van der Waals surface area (Å²) < 4.78 is 0. The molecule has 1 aromatic carbocycles. The number of benzene rings is 1. The number of nitrogens with zero attached hydrogens (tertiary/aromatic N) is 2. The lowest BCUT2D eigenvalue weighted by Gasteiger charge is -2.35. The molecule has 2 rings (SSSR count). The second kappa shape index (κ2) is 7.11. The van der Waals surface area contributed by atoms with Gasteiger partial charge in [0.1, 0.15) is 0 Å². The maximum absolute atomic E-state index is 12.2. The SMILES string of the molecule is CN(C)C1CCCN(CC(=O)Nc2cc(N)ccc2Cl)C1. The lowest BCUT2D eigenvalue weighted by Crippen LogP contribution is -2.47. The molecule has 0 radical (unpaired) electrons. The molecular weight excluding hydrogens is 288 g/mol. The van der Waals surface area contributed by atoms with E-state index in [1.54, 1.807) is 18.2 Å². The van der Waals surface area contributed by atoms with E-state index in [4.69, 9.17) is 17.3 Å². The first-order chi connectivity index (χ1) is 9.95. The highest BCUT2D eigenvalue weighted by atomic mass is 35.5. The predicted molar refractivity (Wildman–Crippen MR) is 87.6 cm³/mol. The van der Waals surface area contributed by atoms with Gasteiger partial charge in [-0.25, -0.2) is 0 Å². The molecule has 0 spiro atoms. The largest absolute Gasteiger partial charge is 0.399 e. The number of anilines is 2. The number of hydrogen-bond acceptors (Lipinski definition) is 4. The van der Waals surface area contributed by atoms with Gasteiger partial charge in [0.15, 0.2) is 0 Å². The highest BCUT2D eigenvalue weighted by molar-refractivity contribution is 6.33. The number of hydrogen-bond donors (Lipinski definition) is 2. The first-order valence-electron chi connectivity index (χ1n) is 7.19. The van der Waals surface area contributed by atoms with E-state index in [1.165, 1.54) is 6.42 Å². The number of carbonyl (C=O) groups is 1. The fourth-order valence-corrected chi connectivity index (χ4v) is 2.79. The van der Waals surface area contributed by atoms with Crippen molar-refractivity contribution in [3.05, 3.63) is 23.2 Å². The highest BCUT2D eigenvalue weighted by Crippen LogP contribution is 2.24. The molecule has 1 aliphatic rings. The van der Waals surface area contributed by atoms with E-state index in [0.29, 0.717) is 29.0 Å². The van der Waals surface area contributed by atoms with E-state index < -0.39 is 0 Å². The van der Waals surface area contributed by atoms with Gasteiger partial charge in [-0.3, -0.25) is 9.69 Å².